The van der Waals surface area contributed by atoms with Crippen molar-refractivity contribution in [1.82, 2.24) is 0 Å². The monoisotopic (exact) mass is 379 g/mol. The first kappa shape index (κ1) is 23.2. The summed E-state index contributed by atoms with van der Waals surface area (Å²) in [6, 6.07) is 0. The highest BCUT2D eigenvalue weighted by Gasteiger charge is 2.17. The van der Waals surface area contributed by atoms with E-state index in [0.717, 1.165) is 19.3 Å². The fourth-order valence-corrected chi connectivity index (χ4v) is 4.32. The van der Waals surface area contributed by atoms with E-state index in [2.05, 4.69) is 94.9 Å². The average molecular weight is 380 g/mol. The van der Waals surface area contributed by atoms with Crippen molar-refractivity contribution in [3.63, 3.8) is 0 Å². The van der Waals surface area contributed by atoms with Gasteiger partial charge in [0.1, 0.15) is 12.5 Å². The lowest BCUT2D eigenvalue weighted by atomic mass is 9.82. The predicted molar refractivity (Wildman–Crippen MR) is 127 cm³/mol. The molecule has 1 aliphatic carbocycles. The molecule has 1 aliphatic rings. The zero-order chi connectivity index (χ0) is 20.2. The number of hydrogen-bond acceptors (Lipinski definition) is 0. The van der Waals surface area contributed by atoms with E-state index in [1.165, 1.54) is 22.3 Å². The van der Waals surface area contributed by atoms with Crippen LogP contribution in [0.3, 0.4) is 0 Å². The molecule has 0 aromatic heterocycles. The highest BCUT2D eigenvalue weighted by Crippen LogP contribution is 2.32. The van der Waals surface area contributed by atoms with Crippen LogP contribution in [0.5, 0.6) is 0 Å². The molecule has 0 heterocycles. The summed E-state index contributed by atoms with van der Waals surface area (Å²) in [5.74, 6) is 5.90. The third-order valence-corrected chi connectivity index (χ3v) is 6.29. The van der Waals surface area contributed by atoms with Gasteiger partial charge in [0.2, 0.25) is 0 Å². The van der Waals surface area contributed by atoms with Crippen LogP contribution < -0.4 is 0 Å². The van der Waals surface area contributed by atoms with Crippen molar-refractivity contribution < 1.29 is 0 Å². The summed E-state index contributed by atoms with van der Waals surface area (Å²) >= 11 is 0. The summed E-state index contributed by atoms with van der Waals surface area (Å²) in [5, 5.41) is 0. The molecule has 3 atom stereocenters. The standard InChI is InChI=1S/C26H36P/c1-8-11-12-18-27(7)20-25(22(5)10-3)17-16-24(13-9-2)26-19-21(4)14-15-23(26)6/h1,12-18,22,26H,9-11,19H2,2-7H3/q+1/b17-16-,18-12-,24-13+. The quantitative estimate of drug-likeness (QED) is 0.229. The van der Waals surface area contributed by atoms with Crippen LogP contribution in [-0.4, -0.2) is 12.1 Å². The average Bonchev–Trinajstić information content (AvgIpc) is 2.65. The molecule has 3 unspecified atom stereocenters. The van der Waals surface area contributed by atoms with Crippen molar-refractivity contribution in [2.45, 2.75) is 60.3 Å². The number of hydrogen-bond donors (Lipinski definition) is 0. The van der Waals surface area contributed by atoms with E-state index in [-0.39, 0.29) is 0 Å². The highest BCUT2D eigenvalue weighted by atomic mass is 31.1. The molecule has 27 heavy (non-hydrogen) atoms. The molecule has 0 bridgehead atoms. The Morgan fingerprint density at radius 3 is 2.67 bits per heavy atom. The topological polar surface area (TPSA) is 0 Å². The molecule has 1 rings (SSSR count). The van der Waals surface area contributed by atoms with Crippen LogP contribution in [0.25, 0.3) is 0 Å². The molecular weight excluding hydrogens is 343 g/mol. The Morgan fingerprint density at radius 2 is 2.04 bits per heavy atom. The predicted octanol–water partition coefficient (Wildman–Crippen LogP) is 7.81. The molecule has 0 nitrogen and oxygen atoms in total. The van der Waals surface area contributed by atoms with Gasteiger partial charge in [0.25, 0.3) is 0 Å². The zero-order valence-electron chi connectivity index (χ0n) is 18.0. The van der Waals surface area contributed by atoms with Crippen LogP contribution in [0.4, 0.5) is 0 Å². The minimum Gasteiger partial charge on any atom is -0.120 e. The lowest BCUT2D eigenvalue weighted by Gasteiger charge is -2.23. The molecule has 0 saturated carbocycles. The molecule has 0 aliphatic heterocycles. The first-order chi connectivity index (χ1) is 12.9. The van der Waals surface area contributed by atoms with E-state index < -0.39 is 7.55 Å². The molecule has 0 saturated heterocycles. The molecule has 0 amide bonds. The van der Waals surface area contributed by atoms with Gasteiger partial charge in [-0.2, -0.15) is 0 Å². The smallest absolute Gasteiger partial charge is 0.120 e. The third kappa shape index (κ3) is 8.18. The summed E-state index contributed by atoms with van der Waals surface area (Å²) < 4.78 is 0. The SMILES string of the molecule is C#CC/C=C\[P+](C)=C=C(/C=C\C(=C/CC)C1CC(C)=CC=C1C)C(C)CC. The maximum absolute atomic E-state index is 5.34. The van der Waals surface area contributed by atoms with Gasteiger partial charge in [0.15, 0.2) is 7.55 Å². The van der Waals surface area contributed by atoms with Gasteiger partial charge >= 0.3 is 0 Å². The Labute approximate surface area is 168 Å². The van der Waals surface area contributed by atoms with Gasteiger partial charge in [-0.25, -0.2) is 0 Å². The van der Waals surface area contributed by atoms with Crippen LogP contribution in [0, 0.1) is 24.2 Å². The van der Waals surface area contributed by atoms with Gasteiger partial charge < -0.3 is 0 Å². The fourth-order valence-electron chi connectivity index (χ4n) is 3.12. The van der Waals surface area contributed by atoms with E-state index >= 15 is 0 Å². The Bertz CT molecular complexity index is 753. The minimum atomic E-state index is -0.393. The summed E-state index contributed by atoms with van der Waals surface area (Å²) in [6.07, 6.45) is 23.0. The Kier molecular flexibility index (Phi) is 10.8. The van der Waals surface area contributed by atoms with Crippen molar-refractivity contribution in [2.75, 3.05) is 6.66 Å². The van der Waals surface area contributed by atoms with E-state index in [1.54, 1.807) is 0 Å². The second kappa shape index (κ2) is 12.6. The Hall–Kier alpha value is -1.79. The molecule has 0 radical (unpaired) electrons. The van der Waals surface area contributed by atoms with E-state index in [9.17, 15) is 0 Å². The van der Waals surface area contributed by atoms with Crippen molar-refractivity contribution in [3.05, 3.63) is 64.6 Å². The van der Waals surface area contributed by atoms with Crippen LogP contribution >= 0.6 is 7.55 Å². The van der Waals surface area contributed by atoms with Gasteiger partial charge in [-0.3, -0.25) is 0 Å². The molecule has 0 aromatic carbocycles. The Morgan fingerprint density at radius 1 is 1.30 bits per heavy atom. The van der Waals surface area contributed by atoms with Crippen molar-refractivity contribution in [1.29, 1.82) is 0 Å². The van der Waals surface area contributed by atoms with Gasteiger partial charge in [-0.05, 0) is 56.8 Å². The molecule has 144 valence electrons. The van der Waals surface area contributed by atoms with Crippen molar-refractivity contribution in [3.8, 4) is 12.3 Å². The summed E-state index contributed by atoms with van der Waals surface area (Å²) in [7, 11) is -0.393. The van der Waals surface area contributed by atoms with Gasteiger partial charge in [-0.1, -0.05) is 56.2 Å². The lowest BCUT2D eigenvalue weighted by Crippen LogP contribution is -2.09. The maximum Gasteiger partial charge on any atom is 0.171 e. The summed E-state index contributed by atoms with van der Waals surface area (Å²) in [6.45, 7) is 13.5. The van der Waals surface area contributed by atoms with Gasteiger partial charge in [-0.15, -0.1) is 12.3 Å². The van der Waals surface area contributed by atoms with Crippen molar-refractivity contribution >= 4 is 13.0 Å². The lowest BCUT2D eigenvalue weighted by molar-refractivity contribution is 0.675. The summed E-state index contributed by atoms with van der Waals surface area (Å²) in [4.78, 5) is 0. The molecule has 1 heteroatoms. The number of terminal acetylenes is 1. The maximum atomic E-state index is 5.34. The molecule has 0 spiro atoms. The van der Waals surface area contributed by atoms with E-state index in [4.69, 9.17) is 6.42 Å². The van der Waals surface area contributed by atoms with E-state index in [1.807, 2.05) is 0 Å². The van der Waals surface area contributed by atoms with Gasteiger partial charge in [0, 0.05) is 17.9 Å². The van der Waals surface area contributed by atoms with Gasteiger partial charge in [0.05, 0.1) is 5.45 Å². The van der Waals surface area contributed by atoms with Crippen LogP contribution in [-0.2, 0) is 0 Å². The minimum absolute atomic E-state index is 0.393. The van der Waals surface area contributed by atoms with E-state index in [0.29, 0.717) is 18.3 Å². The molecule has 0 N–H and O–H groups in total. The highest BCUT2D eigenvalue weighted by molar-refractivity contribution is 7.59. The molecule has 0 aromatic rings. The normalized spacial score (nSPS) is 19.4. The Balaban J connectivity index is 3.21. The largest absolute Gasteiger partial charge is 0.171 e. The second-order valence-corrected chi connectivity index (χ2v) is 9.15. The third-order valence-electron chi connectivity index (χ3n) is 5.02. The zero-order valence-corrected chi connectivity index (χ0v) is 18.9. The fraction of sp³-hybridized carbons (Fsp3) is 0.462. The van der Waals surface area contributed by atoms with Crippen LogP contribution in [0.1, 0.15) is 60.3 Å². The molecule has 0 fully saturated rings. The summed E-state index contributed by atoms with van der Waals surface area (Å²) in [5.41, 5.74) is 9.41. The van der Waals surface area contributed by atoms with Crippen molar-refractivity contribution in [2.24, 2.45) is 11.8 Å². The van der Waals surface area contributed by atoms with Crippen LogP contribution in [0.15, 0.2) is 64.6 Å². The number of allylic oxidation sites excluding steroid dienone is 10. The van der Waals surface area contributed by atoms with Crippen LogP contribution in [0.2, 0.25) is 0 Å². The molecular formula is C26H36P+. The number of rotatable bonds is 8. The first-order valence-corrected chi connectivity index (χ1v) is 12.0. The second-order valence-electron chi connectivity index (χ2n) is 7.41. The first-order valence-electron chi connectivity index (χ1n) is 10.1.